The van der Waals surface area contributed by atoms with Crippen LogP contribution in [-0.2, 0) is 11.2 Å². The topological polar surface area (TPSA) is 83.5 Å². The third-order valence-electron chi connectivity index (χ3n) is 6.79. The van der Waals surface area contributed by atoms with Gasteiger partial charge in [0.15, 0.2) is 0 Å². The highest BCUT2D eigenvalue weighted by Crippen LogP contribution is 2.32. The standard InChI is InChI=1S/C24H25FN8O/c1-16-20(7-8-21(25)24(16)26-2)22-14-31-9-10-32(13-19(31)12-27-22)23(34)11-17-3-5-18(6-4-17)33-15-28-29-30-33/h3-8,15,19,22,27H,9-14H2,1H3/t19-,22+/m1/s1. The van der Waals surface area contributed by atoms with E-state index < -0.39 is 5.82 Å². The van der Waals surface area contributed by atoms with Crippen LogP contribution in [0.5, 0.6) is 0 Å². The van der Waals surface area contributed by atoms with Crippen LogP contribution in [-0.4, -0.2) is 74.7 Å². The van der Waals surface area contributed by atoms with Crippen molar-refractivity contribution in [1.82, 2.24) is 35.3 Å². The van der Waals surface area contributed by atoms with Gasteiger partial charge >= 0.3 is 0 Å². The summed E-state index contributed by atoms with van der Waals surface area (Å²) >= 11 is 0. The summed E-state index contributed by atoms with van der Waals surface area (Å²) in [7, 11) is 0. The number of fused-ring (bicyclic) bond motifs is 1. The van der Waals surface area contributed by atoms with Crippen molar-refractivity contribution >= 4 is 11.6 Å². The lowest BCUT2D eigenvalue weighted by atomic mass is 9.95. The molecule has 1 N–H and O–H groups in total. The molecule has 2 atom stereocenters. The molecule has 3 aromatic rings. The Bertz CT molecular complexity index is 1220. The van der Waals surface area contributed by atoms with E-state index in [-0.39, 0.29) is 23.7 Å². The lowest BCUT2D eigenvalue weighted by Crippen LogP contribution is -2.62. The highest BCUT2D eigenvalue weighted by Gasteiger charge is 2.35. The molecule has 0 saturated carbocycles. The molecule has 1 aromatic heterocycles. The van der Waals surface area contributed by atoms with E-state index in [1.807, 2.05) is 36.1 Å². The molecule has 2 fully saturated rings. The van der Waals surface area contributed by atoms with Gasteiger partial charge in [0.1, 0.15) is 12.1 Å². The number of carbonyl (C=O) groups is 1. The van der Waals surface area contributed by atoms with Crippen molar-refractivity contribution in [1.29, 1.82) is 0 Å². The number of hydrogen-bond acceptors (Lipinski definition) is 6. The zero-order chi connectivity index (χ0) is 23.7. The first-order valence-corrected chi connectivity index (χ1v) is 11.3. The summed E-state index contributed by atoms with van der Waals surface area (Å²) in [5.74, 6) is -0.352. The Morgan fingerprint density at radius 1 is 1.21 bits per heavy atom. The van der Waals surface area contributed by atoms with Crippen LogP contribution in [0.3, 0.4) is 0 Å². The summed E-state index contributed by atoms with van der Waals surface area (Å²) in [4.78, 5) is 20.7. The largest absolute Gasteiger partial charge is 0.340 e. The number of hydrogen-bond donors (Lipinski definition) is 1. The Hall–Kier alpha value is -3.68. The minimum atomic E-state index is -0.470. The van der Waals surface area contributed by atoms with Crippen molar-refractivity contribution in [3.8, 4) is 5.69 Å². The highest BCUT2D eigenvalue weighted by atomic mass is 19.1. The predicted octanol–water partition coefficient (Wildman–Crippen LogP) is 2.06. The van der Waals surface area contributed by atoms with Crippen LogP contribution in [0.4, 0.5) is 10.1 Å². The Kier molecular flexibility index (Phi) is 6.04. The number of amides is 1. The second-order valence-corrected chi connectivity index (χ2v) is 8.77. The van der Waals surface area contributed by atoms with Crippen LogP contribution < -0.4 is 5.32 Å². The van der Waals surface area contributed by atoms with E-state index in [1.165, 1.54) is 12.4 Å². The van der Waals surface area contributed by atoms with Gasteiger partial charge in [-0.2, -0.15) is 0 Å². The average Bonchev–Trinajstić information content (AvgIpc) is 3.39. The first-order chi connectivity index (χ1) is 16.5. The van der Waals surface area contributed by atoms with Crippen LogP contribution in [0.1, 0.15) is 22.7 Å². The molecule has 2 aromatic carbocycles. The molecular formula is C24H25FN8O. The van der Waals surface area contributed by atoms with Crippen molar-refractivity contribution < 1.29 is 9.18 Å². The minimum Gasteiger partial charge on any atom is -0.340 e. The van der Waals surface area contributed by atoms with E-state index in [4.69, 9.17) is 6.57 Å². The van der Waals surface area contributed by atoms with Gasteiger partial charge in [0, 0.05) is 44.8 Å². The van der Waals surface area contributed by atoms with Gasteiger partial charge in [-0.25, -0.2) is 13.9 Å². The van der Waals surface area contributed by atoms with E-state index in [2.05, 4.69) is 30.6 Å². The third kappa shape index (κ3) is 4.27. The number of benzene rings is 2. The van der Waals surface area contributed by atoms with Crippen LogP contribution in [0.2, 0.25) is 0 Å². The summed E-state index contributed by atoms with van der Waals surface area (Å²) in [5, 5.41) is 14.7. The van der Waals surface area contributed by atoms with Gasteiger partial charge in [-0.05, 0) is 52.2 Å². The van der Waals surface area contributed by atoms with Gasteiger partial charge in [0.2, 0.25) is 11.6 Å². The maximum absolute atomic E-state index is 13.9. The van der Waals surface area contributed by atoms with E-state index in [9.17, 15) is 9.18 Å². The van der Waals surface area contributed by atoms with Crippen LogP contribution in [0, 0.1) is 19.3 Å². The van der Waals surface area contributed by atoms with Crippen molar-refractivity contribution in [3.05, 3.63) is 76.7 Å². The summed E-state index contributed by atoms with van der Waals surface area (Å²) in [6, 6.07) is 11.1. The SMILES string of the molecule is [C-]#[N+]c1c(F)ccc([C@@H]2CN3CCN(C(=O)Cc4ccc(-n5cnnn5)cc4)C[C@H]3CN2)c1C. The van der Waals surface area contributed by atoms with Crippen molar-refractivity contribution in [2.45, 2.75) is 25.4 Å². The van der Waals surface area contributed by atoms with E-state index in [0.717, 1.165) is 36.4 Å². The fraction of sp³-hybridized carbons (Fsp3) is 0.375. The molecule has 0 bridgehead atoms. The molecule has 5 rings (SSSR count). The quantitative estimate of drug-likeness (QED) is 0.600. The summed E-state index contributed by atoms with van der Waals surface area (Å²) in [6.45, 7) is 12.7. The molecule has 2 aliphatic rings. The number of nitrogens with one attached hydrogen (secondary N) is 1. The highest BCUT2D eigenvalue weighted by molar-refractivity contribution is 5.79. The van der Waals surface area contributed by atoms with E-state index in [1.54, 1.807) is 10.7 Å². The summed E-state index contributed by atoms with van der Waals surface area (Å²) in [5.41, 5.74) is 3.56. The average molecular weight is 461 g/mol. The normalized spacial score (nSPS) is 20.6. The van der Waals surface area contributed by atoms with Gasteiger partial charge in [0.05, 0.1) is 18.7 Å². The molecule has 1 amide bonds. The maximum atomic E-state index is 13.9. The minimum absolute atomic E-state index is 0.0401. The zero-order valence-electron chi connectivity index (χ0n) is 18.9. The Morgan fingerprint density at radius 3 is 2.76 bits per heavy atom. The maximum Gasteiger partial charge on any atom is 0.227 e. The number of halogens is 1. The Labute approximate surface area is 197 Å². The first-order valence-electron chi connectivity index (χ1n) is 11.3. The van der Waals surface area contributed by atoms with Gasteiger partial charge in [-0.15, -0.1) is 5.10 Å². The molecule has 0 aliphatic carbocycles. The lowest BCUT2D eigenvalue weighted by Gasteiger charge is -2.47. The molecule has 10 heteroatoms. The molecule has 0 unspecified atom stereocenters. The Morgan fingerprint density at radius 2 is 2.03 bits per heavy atom. The molecule has 174 valence electrons. The Balaban J connectivity index is 1.19. The number of rotatable bonds is 4. The molecule has 0 radical (unpaired) electrons. The van der Waals surface area contributed by atoms with E-state index >= 15 is 0 Å². The van der Waals surface area contributed by atoms with E-state index in [0.29, 0.717) is 25.1 Å². The summed E-state index contributed by atoms with van der Waals surface area (Å²) < 4.78 is 15.5. The second-order valence-electron chi connectivity index (χ2n) is 8.77. The molecule has 34 heavy (non-hydrogen) atoms. The molecule has 2 aliphatic heterocycles. The zero-order valence-corrected chi connectivity index (χ0v) is 18.9. The predicted molar refractivity (Wildman–Crippen MR) is 123 cm³/mol. The third-order valence-corrected chi connectivity index (χ3v) is 6.79. The van der Waals surface area contributed by atoms with Gasteiger partial charge < -0.3 is 10.2 Å². The van der Waals surface area contributed by atoms with Crippen molar-refractivity contribution in [2.75, 3.05) is 32.7 Å². The fourth-order valence-corrected chi connectivity index (χ4v) is 4.87. The van der Waals surface area contributed by atoms with Crippen LogP contribution in [0.25, 0.3) is 10.5 Å². The molecular weight excluding hydrogens is 435 g/mol. The molecule has 3 heterocycles. The smallest absolute Gasteiger partial charge is 0.227 e. The molecule has 9 nitrogen and oxygen atoms in total. The molecule has 0 spiro atoms. The fourth-order valence-electron chi connectivity index (χ4n) is 4.87. The van der Waals surface area contributed by atoms with Crippen molar-refractivity contribution in [3.63, 3.8) is 0 Å². The molecule has 2 saturated heterocycles. The monoisotopic (exact) mass is 460 g/mol. The van der Waals surface area contributed by atoms with Gasteiger partial charge in [-0.3, -0.25) is 9.69 Å². The van der Waals surface area contributed by atoms with Crippen LogP contribution >= 0.6 is 0 Å². The number of nitrogens with zero attached hydrogens (tertiary/aromatic N) is 7. The van der Waals surface area contributed by atoms with Crippen LogP contribution in [0.15, 0.2) is 42.7 Å². The second kappa shape index (κ2) is 9.29. The number of carbonyl (C=O) groups excluding carboxylic acids is 1. The van der Waals surface area contributed by atoms with Gasteiger partial charge in [-0.1, -0.05) is 18.2 Å². The first kappa shape index (κ1) is 22.1. The number of tetrazole rings is 1. The number of piperazine rings is 2. The summed E-state index contributed by atoms with van der Waals surface area (Å²) in [6.07, 6.45) is 1.89. The van der Waals surface area contributed by atoms with Gasteiger partial charge in [0.25, 0.3) is 0 Å². The van der Waals surface area contributed by atoms with Crippen molar-refractivity contribution in [2.24, 2.45) is 0 Å². The number of aromatic nitrogens is 4. The lowest BCUT2D eigenvalue weighted by molar-refractivity contribution is -0.134.